The summed E-state index contributed by atoms with van der Waals surface area (Å²) in [6.45, 7) is -1.01. The highest BCUT2D eigenvalue weighted by Crippen LogP contribution is 2.33. The van der Waals surface area contributed by atoms with E-state index < -0.39 is 12.5 Å². The average Bonchev–Trinajstić information content (AvgIpc) is 2.56. The second-order valence-electron chi connectivity index (χ2n) is 4.60. The molecule has 1 aromatic heterocycles. The molecule has 128 valence electrons. The fraction of sp³-hybridized carbons (Fsp3) is 0.250. The minimum atomic E-state index is -3.08. The quantitative estimate of drug-likeness (QED) is 0.731. The topological polar surface area (TPSA) is 51.7 Å². The molecule has 0 spiro atoms. The van der Waals surface area contributed by atoms with Crippen LogP contribution < -0.4 is 14.4 Å². The molecular weight excluding hydrogens is 386 g/mol. The Morgan fingerprint density at radius 1 is 1.33 bits per heavy atom. The van der Waals surface area contributed by atoms with Crippen LogP contribution in [0.25, 0.3) is 0 Å². The van der Waals surface area contributed by atoms with Crippen molar-refractivity contribution in [1.29, 1.82) is 0 Å². The van der Waals surface area contributed by atoms with E-state index in [-0.39, 0.29) is 17.1 Å². The number of methoxy groups -OCH3 is 1. The summed E-state index contributed by atoms with van der Waals surface area (Å²) in [6.07, 6.45) is 1.55. The fourth-order valence-corrected chi connectivity index (χ4v) is 2.37. The van der Waals surface area contributed by atoms with Crippen LogP contribution in [-0.4, -0.2) is 31.2 Å². The maximum absolute atomic E-state index is 12.8. The lowest BCUT2D eigenvalue weighted by Gasteiger charge is -2.22. The summed E-state index contributed by atoms with van der Waals surface area (Å²) in [5, 5.41) is 0. The van der Waals surface area contributed by atoms with Gasteiger partial charge in [0.2, 0.25) is 0 Å². The van der Waals surface area contributed by atoms with Crippen molar-refractivity contribution >= 4 is 27.7 Å². The van der Waals surface area contributed by atoms with Gasteiger partial charge in [-0.25, -0.2) is 4.98 Å². The van der Waals surface area contributed by atoms with Crippen molar-refractivity contribution in [2.45, 2.75) is 13.5 Å². The minimum absolute atomic E-state index is 0.0266. The molecule has 0 atom stereocenters. The number of benzene rings is 1. The van der Waals surface area contributed by atoms with Gasteiger partial charge in [-0.3, -0.25) is 9.69 Å². The highest BCUT2D eigenvalue weighted by atomic mass is 79.9. The van der Waals surface area contributed by atoms with Crippen LogP contribution >= 0.6 is 15.9 Å². The monoisotopic (exact) mass is 400 g/mol. The van der Waals surface area contributed by atoms with Gasteiger partial charge in [0.1, 0.15) is 5.82 Å². The summed E-state index contributed by atoms with van der Waals surface area (Å²) in [7, 11) is 1.32. The van der Waals surface area contributed by atoms with E-state index in [4.69, 9.17) is 4.74 Å². The van der Waals surface area contributed by atoms with E-state index in [2.05, 4.69) is 25.7 Å². The summed E-state index contributed by atoms with van der Waals surface area (Å²) in [5.41, 5.74) is -0.0266. The molecule has 0 radical (unpaired) electrons. The van der Waals surface area contributed by atoms with E-state index in [0.29, 0.717) is 12.4 Å². The smallest absolute Gasteiger partial charge is 0.387 e. The molecular formula is C16H15BrF2N2O3. The number of ether oxygens (including phenoxy) is 2. The number of alkyl halides is 2. The third kappa shape index (κ3) is 4.00. The number of halogens is 3. The Bertz CT molecular complexity index is 711. The van der Waals surface area contributed by atoms with Crippen molar-refractivity contribution in [3.05, 3.63) is 46.6 Å². The Hall–Kier alpha value is -2.22. The fourth-order valence-electron chi connectivity index (χ4n) is 2.14. The maximum Gasteiger partial charge on any atom is 0.387 e. The number of carbonyl (C=O) groups is 1. The first-order valence-corrected chi connectivity index (χ1v) is 7.82. The number of rotatable bonds is 6. The molecule has 5 nitrogen and oxygen atoms in total. The summed E-state index contributed by atoms with van der Waals surface area (Å²) >= 11 is 3.27. The molecule has 24 heavy (non-hydrogen) atoms. The van der Waals surface area contributed by atoms with Crippen molar-refractivity contribution < 1.29 is 23.0 Å². The van der Waals surface area contributed by atoms with Crippen molar-refractivity contribution in [1.82, 2.24) is 4.98 Å². The molecule has 0 saturated heterocycles. The third-order valence-corrected chi connectivity index (χ3v) is 3.65. The first-order valence-electron chi connectivity index (χ1n) is 7.03. The van der Waals surface area contributed by atoms with Crippen molar-refractivity contribution in [2.24, 2.45) is 0 Å². The molecule has 0 N–H and O–H groups in total. The van der Waals surface area contributed by atoms with E-state index in [0.717, 1.165) is 4.47 Å². The van der Waals surface area contributed by atoms with E-state index >= 15 is 0 Å². The van der Waals surface area contributed by atoms with Crippen LogP contribution in [0.1, 0.15) is 17.3 Å². The molecule has 0 bridgehead atoms. The van der Waals surface area contributed by atoms with Crippen LogP contribution in [0.15, 0.2) is 41.0 Å². The molecule has 0 aliphatic heterocycles. The van der Waals surface area contributed by atoms with Crippen LogP contribution in [0, 0.1) is 0 Å². The van der Waals surface area contributed by atoms with Gasteiger partial charge >= 0.3 is 6.61 Å². The standard InChI is InChI=1S/C16H15BrF2N2O3/c1-3-21(13-8-7-10(17)9-20-13)15(22)11-5-4-6-12(23-2)14(11)24-16(18)19/h4-9,16H,3H2,1-2H3. The average molecular weight is 401 g/mol. The lowest BCUT2D eigenvalue weighted by Crippen LogP contribution is -2.32. The first kappa shape index (κ1) is 18.1. The Balaban J connectivity index is 2.45. The number of nitrogens with zero attached hydrogens (tertiary/aromatic N) is 2. The first-order chi connectivity index (χ1) is 11.5. The van der Waals surface area contributed by atoms with Crippen LogP contribution in [0.5, 0.6) is 11.5 Å². The van der Waals surface area contributed by atoms with Crippen molar-refractivity contribution in [2.75, 3.05) is 18.6 Å². The maximum atomic E-state index is 12.8. The molecule has 0 fully saturated rings. The van der Waals surface area contributed by atoms with Gasteiger partial charge < -0.3 is 9.47 Å². The Labute approximate surface area is 146 Å². The zero-order valence-electron chi connectivity index (χ0n) is 13.0. The molecule has 0 saturated carbocycles. The van der Waals surface area contributed by atoms with Crippen LogP contribution in [0.4, 0.5) is 14.6 Å². The zero-order chi connectivity index (χ0) is 17.7. The van der Waals surface area contributed by atoms with E-state index in [9.17, 15) is 13.6 Å². The molecule has 2 rings (SSSR count). The highest BCUT2D eigenvalue weighted by molar-refractivity contribution is 9.10. The third-order valence-electron chi connectivity index (χ3n) is 3.19. The Morgan fingerprint density at radius 2 is 2.08 bits per heavy atom. The van der Waals surface area contributed by atoms with Gasteiger partial charge in [0.15, 0.2) is 11.5 Å². The number of carbonyl (C=O) groups excluding carboxylic acids is 1. The number of para-hydroxylation sites is 1. The van der Waals surface area contributed by atoms with Crippen LogP contribution in [0.2, 0.25) is 0 Å². The van der Waals surface area contributed by atoms with Gasteiger partial charge in [-0.2, -0.15) is 8.78 Å². The second-order valence-corrected chi connectivity index (χ2v) is 5.52. The summed E-state index contributed by atoms with van der Waals surface area (Å²) < 4.78 is 35.7. The lowest BCUT2D eigenvalue weighted by molar-refractivity contribution is -0.0515. The molecule has 0 unspecified atom stereocenters. The summed E-state index contributed by atoms with van der Waals surface area (Å²) in [5.74, 6) is -0.352. The number of hydrogen-bond donors (Lipinski definition) is 0. The molecule has 8 heteroatoms. The van der Waals surface area contributed by atoms with Gasteiger partial charge in [-0.1, -0.05) is 6.07 Å². The number of pyridine rings is 1. The van der Waals surface area contributed by atoms with Gasteiger partial charge in [0, 0.05) is 17.2 Å². The Morgan fingerprint density at radius 3 is 2.62 bits per heavy atom. The summed E-state index contributed by atoms with van der Waals surface area (Å²) in [4.78, 5) is 18.4. The van der Waals surface area contributed by atoms with Gasteiger partial charge in [-0.15, -0.1) is 0 Å². The molecule has 0 aliphatic carbocycles. The molecule has 2 aromatic rings. The van der Waals surface area contributed by atoms with Crippen molar-refractivity contribution in [3.8, 4) is 11.5 Å². The Kier molecular flexibility index (Phi) is 6.08. The zero-order valence-corrected chi connectivity index (χ0v) is 14.6. The molecule has 0 aliphatic rings. The number of amides is 1. The minimum Gasteiger partial charge on any atom is -0.493 e. The van der Waals surface area contributed by atoms with E-state index in [1.807, 2.05) is 0 Å². The molecule has 1 heterocycles. The number of aromatic nitrogens is 1. The van der Waals surface area contributed by atoms with Gasteiger partial charge in [-0.05, 0) is 47.1 Å². The second kappa shape index (κ2) is 8.05. The largest absolute Gasteiger partial charge is 0.493 e. The normalized spacial score (nSPS) is 10.6. The molecule has 1 aromatic carbocycles. The number of hydrogen-bond acceptors (Lipinski definition) is 4. The number of anilines is 1. The summed E-state index contributed by atoms with van der Waals surface area (Å²) in [6, 6.07) is 7.78. The van der Waals surface area contributed by atoms with Crippen LogP contribution in [0.3, 0.4) is 0 Å². The van der Waals surface area contributed by atoms with Crippen LogP contribution in [-0.2, 0) is 0 Å². The van der Waals surface area contributed by atoms with E-state index in [1.54, 1.807) is 25.3 Å². The van der Waals surface area contributed by atoms with E-state index in [1.165, 1.54) is 30.2 Å². The predicted molar refractivity (Wildman–Crippen MR) is 88.9 cm³/mol. The van der Waals surface area contributed by atoms with Crippen molar-refractivity contribution in [3.63, 3.8) is 0 Å². The predicted octanol–water partition coefficient (Wildman–Crippen LogP) is 4.12. The van der Waals surface area contributed by atoms with Gasteiger partial charge in [0.05, 0.1) is 12.7 Å². The lowest BCUT2D eigenvalue weighted by atomic mass is 10.1. The molecule has 1 amide bonds. The van der Waals surface area contributed by atoms with Gasteiger partial charge in [0.25, 0.3) is 5.91 Å². The SMILES string of the molecule is CCN(C(=O)c1cccc(OC)c1OC(F)F)c1ccc(Br)cn1. The highest BCUT2D eigenvalue weighted by Gasteiger charge is 2.25.